The van der Waals surface area contributed by atoms with E-state index in [2.05, 4.69) is 19.8 Å². The summed E-state index contributed by atoms with van der Waals surface area (Å²) in [5, 5.41) is 3.13. The number of para-hydroxylation sites is 1. The molecule has 1 aliphatic rings. The molecule has 0 bridgehead atoms. The molecular formula is C23H28N4O3S. The van der Waals surface area contributed by atoms with Gasteiger partial charge in [-0.25, -0.2) is 13.4 Å². The molecule has 0 saturated carbocycles. The van der Waals surface area contributed by atoms with E-state index in [1.165, 1.54) is 6.26 Å². The maximum Gasteiger partial charge on any atom is 0.251 e. The Balaban J connectivity index is 1.41. The lowest BCUT2D eigenvalue weighted by Crippen LogP contribution is -2.45. The molecule has 1 aromatic heterocycles. The van der Waals surface area contributed by atoms with Crippen LogP contribution in [0.1, 0.15) is 29.0 Å². The third kappa shape index (κ3) is 5.14. The molecule has 0 aliphatic carbocycles. The number of carbonyl (C=O) groups is 1. The first-order chi connectivity index (χ1) is 14.8. The number of aromatic nitrogens is 2. The molecule has 1 aliphatic heterocycles. The normalized spacial score (nSPS) is 15.9. The number of carbonyl (C=O) groups excluding carboxylic acids is 1. The quantitative estimate of drug-likeness (QED) is 0.637. The number of amides is 1. The monoisotopic (exact) mass is 440 g/mol. The smallest absolute Gasteiger partial charge is 0.251 e. The highest BCUT2D eigenvalue weighted by molar-refractivity contribution is 7.90. The van der Waals surface area contributed by atoms with Crippen molar-refractivity contribution >= 4 is 26.8 Å². The van der Waals surface area contributed by atoms with Crippen LogP contribution in [-0.4, -0.2) is 66.5 Å². The number of likely N-dealkylation sites (tertiary alicyclic amines) is 1. The van der Waals surface area contributed by atoms with E-state index in [1.54, 1.807) is 0 Å². The fourth-order valence-electron chi connectivity index (χ4n) is 4.11. The summed E-state index contributed by atoms with van der Waals surface area (Å²) in [6, 6.07) is 15.8. The molecule has 0 unspecified atom stereocenters. The van der Waals surface area contributed by atoms with Gasteiger partial charge in [0, 0.05) is 43.2 Å². The van der Waals surface area contributed by atoms with Crippen LogP contribution in [-0.2, 0) is 9.84 Å². The van der Waals surface area contributed by atoms with Gasteiger partial charge in [0.05, 0.1) is 16.8 Å². The van der Waals surface area contributed by atoms with E-state index < -0.39 is 9.84 Å². The van der Waals surface area contributed by atoms with Crippen LogP contribution < -0.4 is 5.32 Å². The number of hydrogen-bond donors (Lipinski definition) is 1. The second kappa shape index (κ2) is 8.80. The standard InChI is InChI=1S/C23H28N4O3S/c1-17-24-21-16-18(8-9-22(21)27(17)20-6-4-3-5-7-20)23(28)25-19-10-12-26(13-11-19)14-15-31(2,29)30/h3-9,16,19H,10-15H2,1-2H3,(H,25,28). The highest BCUT2D eigenvalue weighted by Crippen LogP contribution is 2.22. The lowest BCUT2D eigenvalue weighted by atomic mass is 10.0. The van der Waals surface area contributed by atoms with Gasteiger partial charge in [0.1, 0.15) is 15.7 Å². The van der Waals surface area contributed by atoms with E-state index in [9.17, 15) is 13.2 Å². The number of piperidine rings is 1. The van der Waals surface area contributed by atoms with Gasteiger partial charge in [0.2, 0.25) is 0 Å². The number of nitrogens with one attached hydrogen (secondary N) is 1. The first-order valence-electron chi connectivity index (χ1n) is 10.6. The number of fused-ring (bicyclic) bond motifs is 1. The highest BCUT2D eigenvalue weighted by atomic mass is 32.2. The average molecular weight is 441 g/mol. The summed E-state index contributed by atoms with van der Waals surface area (Å²) in [5.41, 5.74) is 3.41. The minimum absolute atomic E-state index is 0.0941. The molecule has 0 radical (unpaired) electrons. The Bertz CT molecular complexity index is 1180. The van der Waals surface area contributed by atoms with Gasteiger partial charge in [-0.2, -0.15) is 0 Å². The fourth-order valence-corrected chi connectivity index (χ4v) is 4.70. The van der Waals surface area contributed by atoms with Gasteiger partial charge in [-0.3, -0.25) is 9.36 Å². The highest BCUT2D eigenvalue weighted by Gasteiger charge is 2.22. The molecule has 0 atom stereocenters. The van der Waals surface area contributed by atoms with Gasteiger partial charge in [-0.15, -0.1) is 0 Å². The van der Waals surface area contributed by atoms with E-state index in [0.717, 1.165) is 48.5 Å². The Morgan fingerprint density at radius 3 is 2.52 bits per heavy atom. The molecule has 7 nitrogen and oxygen atoms in total. The van der Waals surface area contributed by atoms with Gasteiger partial charge in [0.15, 0.2) is 0 Å². The zero-order valence-electron chi connectivity index (χ0n) is 17.9. The third-order valence-corrected chi connectivity index (χ3v) is 6.72. The second-order valence-corrected chi connectivity index (χ2v) is 10.5. The summed E-state index contributed by atoms with van der Waals surface area (Å²) >= 11 is 0. The van der Waals surface area contributed by atoms with Gasteiger partial charge >= 0.3 is 0 Å². The minimum atomic E-state index is -2.95. The summed E-state index contributed by atoms with van der Waals surface area (Å²) < 4.78 is 24.8. The molecule has 0 spiro atoms. The predicted octanol–water partition coefficient (Wildman–Crippen LogP) is 2.57. The number of benzene rings is 2. The van der Waals surface area contributed by atoms with Crippen LogP contribution in [0.3, 0.4) is 0 Å². The minimum Gasteiger partial charge on any atom is -0.349 e. The van der Waals surface area contributed by atoms with Crippen LogP contribution in [0.2, 0.25) is 0 Å². The molecule has 2 aromatic carbocycles. The van der Waals surface area contributed by atoms with E-state index in [0.29, 0.717) is 12.1 Å². The number of sulfone groups is 1. The number of aryl methyl sites for hydroxylation is 1. The Morgan fingerprint density at radius 1 is 1.13 bits per heavy atom. The summed E-state index contributed by atoms with van der Waals surface area (Å²) in [4.78, 5) is 19.6. The molecule has 1 amide bonds. The number of hydrogen-bond acceptors (Lipinski definition) is 5. The lowest BCUT2D eigenvalue weighted by Gasteiger charge is -2.32. The molecule has 3 aromatic rings. The first kappa shape index (κ1) is 21.5. The van der Waals surface area contributed by atoms with E-state index in [-0.39, 0.29) is 17.7 Å². The van der Waals surface area contributed by atoms with Crippen LogP contribution in [0.15, 0.2) is 48.5 Å². The molecular weight excluding hydrogens is 412 g/mol. The fraction of sp³-hybridized carbons (Fsp3) is 0.391. The summed E-state index contributed by atoms with van der Waals surface area (Å²) in [5.74, 6) is 0.961. The topological polar surface area (TPSA) is 84.3 Å². The van der Waals surface area contributed by atoms with Crippen LogP contribution in [0.25, 0.3) is 16.7 Å². The maximum atomic E-state index is 12.8. The van der Waals surface area contributed by atoms with E-state index >= 15 is 0 Å². The lowest BCUT2D eigenvalue weighted by molar-refractivity contribution is 0.0913. The van der Waals surface area contributed by atoms with E-state index in [1.807, 2.05) is 55.5 Å². The Morgan fingerprint density at radius 2 is 1.84 bits per heavy atom. The Labute approximate surface area is 183 Å². The first-order valence-corrected chi connectivity index (χ1v) is 12.6. The van der Waals surface area contributed by atoms with Crippen molar-refractivity contribution < 1.29 is 13.2 Å². The zero-order valence-corrected chi connectivity index (χ0v) is 18.7. The van der Waals surface area contributed by atoms with Crippen molar-refractivity contribution in [3.63, 3.8) is 0 Å². The van der Waals surface area contributed by atoms with Crippen molar-refractivity contribution in [1.82, 2.24) is 19.8 Å². The van der Waals surface area contributed by atoms with Crippen molar-refractivity contribution in [3.05, 3.63) is 59.9 Å². The molecule has 31 heavy (non-hydrogen) atoms. The zero-order chi connectivity index (χ0) is 22.0. The molecule has 2 heterocycles. The average Bonchev–Trinajstić information content (AvgIpc) is 3.08. The van der Waals surface area contributed by atoms with Gasteiger partial charge in [0.25, 0.3) is 5.91 Å². The summed E-state index contributed by atoms with van der Waals surface area (Å²) in [6.07, 6.45) is 2.90. The molecule has 1 saturated heterocycles. The van der Waals surface area contributed by atoms with Crippen molar-refractivity contribution in [2.45, 2.75) is 25.8 Å². The molecule has 164 valence electrons. The van der Waals surface area contributed by atoms with Gasteiger partial charge in [-0.1, -0.05) is 18.2 Å². The van der Waals surface area contributed by atoms with Crippen molar-refractivity contribution in [1.29, 1.82) is 0 Å². The van der Waals surface area contributed by atoms with Crippen LogP contribution in [0.5, 0.6) is 0 Å². The Hall–Kier alpha value is -2.71. The van der Waals surface area contributed by atoms with Crippen LogP contribution in [0, 0.1) is 6.92 Å². The molecule has 1 fully saturated rings. The molecule has 8 heteroatoms. The van der Waals surface area contributed by atoms with E-state index in [4.69, 9.17) is 0 Å². The predicted molar refractivity (Wildman–Crippen MR) is 122 cm³/mol. The third-order valence-electron chi connectivity index (χ3n) is 5.80. The van der Waals surface area contributed by atoms with Crippen LogP contribution >= 0.6 is 0 Å². The van der Waals surface area contributed by atoms with Crippen molar-refractivity contribution in [2.24, 2.45) is 0 Å². The van der Waals surface area contributed by atoms with Crippen LogP contribution in [0.4, 0.5) is 0 Å². The number of imidazole rings is 1. The number of rotatable bonds is 6. The second-order valence-electron chi connectivity index (χ2n) is 8.25. The SMILES string of the molecule is Cc1nc2cc(C(=O)NC3CCN(CCS(C)(=O)=O)CC3)ccc2n1-c1ccccc1. The molecule has 1 N–H and O–H groups in total. The van der Waals surface area contributed by atoms with Gasteiger partial charge < -0.3 is 10.2 Å². The van der Waals surface area contributed by atoms with Gasteiger partial charge in [-0.05, 0) is 50.1 Å². The summed E-state index contributed by atoms with van der Waals surface area (Å²) in [7, 11) is -2.95. The van der Waals surface area contributed by atoms with Crippen molar-refractivity contribution in [2.75, 3.05) is 31.6 Å². The van der Waals surface area contributed by atoms with Crippen molar-refractivity contribution in [3.8, 4) is 5.69 Å². The number of nitrogens with zero attached hydrogens (tertiary/aromatic N) is 3. The largest absolute Gasteiger partial charge is 0.349 e. The summed E-state index contributed by atoms with van der Waals surface area (Å²) in [6.45, 7) is 4.10. The maximum absolute atomic E-state index is 12.8. The molecule has 4 rings (SSSR count). The Kier molecular flexibility index (Phi) is 6.11.